The lowest BCUT2D eigenvalue weighted by Crippen LogP contribution is -2.58. The number of H-pyrrole nitrogens is 1. The van der Waals surface area contributed by atoms with Gasteiger partial charge in [-0.1, -0.05) is 55.0 Å². The Morgan fingerprint density at radius 3 is 2.10 bits per heavy atom. The molecule has 0 spiro atoms. The summed E-state index contributed by atoms with van der Waals surface area (Å²) in [6, 6.07) is 12.3. The number of unbranched alkanes of at least 4 members (excludes halogenated alkanes) is 1. The summed E-state index contributed by atoms with van der Waals surface area (Å²) < 4.78 is 0. The number of carbonyl (C=O) groups is 4. The molecule has 0 aliphatic carbocycles. The Labute approximate surface area is 244 Å². The number of carbonyl (C=O) groups excluding carboxylic acids is 3. The third-order valence-electron chi connectivity index (χ3n) is 6.75. The normalized spacial score (nSPS) is 14.0. The number of nitrogens with two attached hydrogens (primary N) is 2. The molecular formula is C29H38N6O5S. The first-order chi connectivity index (χ1) is 19.7. The van der Waals surface area contributed by atoms with Crippen molar-refractivity contribution in [1.29, 1.82) is 0 Å². The van der Waals surface area contributed by atoms with Crippen molar-refractivity contribution < 1.29 is 24.3 Å². The van der Waals surface area contributed by atoms with Crippen LogP contribution in [-0.2, 0) is 32.0 Å². The van der Waals surface area contributed by atoms with Crippen LogP contribution >= 0.6 is 12.6 Å². The van der Waals surface area contributed by atoms with E-state index in [1.807, 2.05) is 30.3 Å². The summed E-state index contributed by atoms with van der Waals surface area (Å²) in [5.41, 5.74) is 14.1. The molecule has 0 radical (unpaired) electrons. The number of fused-ring (bicyclic) bond motifs is 1. The van der Waals surface area contributed by atoms with Gasteiger partial charge in [0, 0.05) is 35.7 Å². The zero-order valence-corrected chi connectivity index (χ0v) is 23.6. The van der Waals surface area contributed by atoms with E-state index in [0.29, 0.717) is 19.4 Å². The van der Waals surface area contributed by atoms with E-state index in [4.69, 9.17) is 11.5 Å². The molecule has 4 atom stereocenters. The van der Waals surface area contributed by atoms with Crippen LogP contribution in [0.3, 0.4) is 0 Å². The van der Waals surface area contributed by atoms with Gasteiger partial charge < -0.3 is 37.5 Å². The molecule has 1 aromatic heterocycles. The lowest BCUT2D eigenvalue weighted by Gasteiger charge is -2.25. The second-order valence-electron chi connectivity index (χ2n) is 9.85. The predicted molar refractivity (Wildman–Crippen MR) is 160 cm³/mol. The number of aromatic nitrogens is 1. The molecule has 1 heterocycles. The van der Waals surface area contributed by atoms with Gasteiger partial charge in [-0.15, -0.1) is 0 Å². The third kappa shape index (κ3) is 9.34. The molecule has 0 aliphatic rings. The van der Waals surface area contributed by atoms with Gasteiger partial charge in [-0.2, -0.15) is 12.6 Å². The number of rotatable bonds is 16. The number of para-hydroxylation sites is 1. The summed E-state index contributed by atoms with van der Waals surface area (Å²) in [5.74, 6) is -3.15. The van der Waals surface area contributed by atoms with Gasteiger partial charge in [0.15, 0.2) is 0 Å². The molecule has 220 valence electrons. The molecule has 41 heavy (non-hydrogen) atoms. The Kier molecular flexibility index (Phi) is 12.2. The van der Waals surface area contributed by atoms with Crippen LogP contribution in [0.4, 0.5) is 0 Å². The summed E-state index contributed by atoms with van der Waals surface area (Å²) in [5, 5.41) is 18.2. The standard InChI is InChI=1S/C29H38N6O5S/c30-13-7-6-11-21(31)26(36)33-24(15-19-16-32-22-12-5-4-10-20(19)22)28(38)34-23(14-18-8-2-1-3-9-18)27(37)35-25(17-41)29(39)40/h1-5,8-10,12,16,21,23-25,32,41H,6-7,11,13-15,17,30-31H2,(H,33,36)(H,34,38)(H,35,37)(H,39,40). The zero-order valence-electron chi connectivity index (χ0n) is 22.7. The minimum absolute atomic E-state index is 0.101. The van der Waals surface area contributed by atoms with E-state index in [-0.39, 0.29) is 18.6 Å². The minimum Gasteiger partial charge on any atom is -0.480 e. The minimum atomic E-state index is -1.24. The fourth-order valence-corrected chi connectivity index (χ4v) is 4.68. The average molecular weight is 583 g/mol. The smallest absolute Gasteiger partial charge is 0.327 e. The van der Waals surface area contributed by atoms with Gasteiger partial charge in [0.2, 0.25) is 17.7 Å². The number of carboxylic acids is 1. The topological polar surface area (TPSA) is 192 Å². The van der Waals surface area contributed by atoms with Crippen molar-refractivity contribution in [2.24, 2.45) is 11.5 Å². The maximum Gasteiger partial charge on any atom is 0.327 e. The van der Waals surface area contributed by atoms with Crippen LogP contribution in [0.15, 0.2) is 60.8 Å². The van der Waals surface area contributed by atoms with Gasteiger partial charge in [0.05, 0.1) is 6.04 Å². The molecule has 0 aliphatic heterocycles. The van der Waals surface area contributed by atoms with Crippen molar-refractivity contribution in [3.05, 3.63) is 71.9 Å². The van der Waals surface area contributed by atoms with Gasteiger partial charge >= 0.3 is 5.97 Å². The molecule has 11 nitrogen and oxygen atoms in total. The largest absolute Gasteiger partial charge is 0.480 e. The fraction of sp³-hybridized carbons (Fsp3) is 0.379. The lowest BCUT2D eigenvalue weighted by molar-refractivity contribution is -0.141. The summed E-state index contributed by atoms with van der Waals surface area (Å²) in [6.07, 6.45) is 3.80. The van der Waals surface area contributed by atoms with Gasteiger partial charge in [-0.3, -0.25) is 14.4 Å². The number of hydrogen-bond donors (Lipinski definition) is 8. The highest BCUT2D eigenvalue weighted by Crippen LogP contribution is 2.19. The van der Waals surface area contributed by atoms with Crippen LogP contribution in [0.25, 0.3) is 10.9 Å². The van der Waals surface area contributed by atoms with Crippen molar-refractivity contribution in [2.45, 2.75) is 56.3 Å². The highest BCUT2D eigenvalue weighted by molar-refractivity contribution is 7.80. The molecule has 0 bridgehead atoms. The van der Waals surface area contributed by atoms with E-state index >= 15 is 0 Å². The Bertz CT molecular complexity index is 1320. The van der Waals surface area contributed by atoms with Gasteiger partial charge in [-0.05, 0) is 36.6 Å². The molecule has 4 unspecified atom stereocenters. The monoisotopic (exact) mass is 582 g/mol. The molecule has 3 rings (SSSR count). The van der Waals surface area contributed by atoms with Crippen LogP contribution in [-0.4, -0.2) is 70.2 Å². The van der Waals surface area contributed by atoms with E-state index in [1.54, 1.807) is 30.5 Å². The highest BCUT2D eigenvalue weighted by atomic mass is 32.1. The third-order valence-corrected chi connectivity index (χ3v) is 7.12. The first-order valence-corrected chi connectivity index (χ1v) is 14.2. The first-order valence-electron chi connectivity index (χ1n) is 13.5. The second-order valence-corrected chi connectivity index (χ2v) is 10.2. The number of hydrogen-bond acceptors (Lipinski definition) is 7. The molecule has 0 saturated carbocycles. The van der Waals surface area contributed by atoms with Crippen LogP contribution < -0.4 is 27.4 Å². The predicted octanol–water partition coefficient (Wildman–Crippen LogP) is 0.878. The zero-order chi connectivity index (χ0) is 29.8. The molecule has 3 aromatic rings. The molecule has 2 aromatic carbocycles. The van der Waals surface area contributed by atoms with Crippen molar-refractivity contribution in [2.75, 3.05) is 12.3 Å². The fourth-order valence-electron chi connectivity index (χ4n) is 4.44. The first kappa shape index (κ1) is 31.7. The van der Waals surface area contributed by atoms with Crippen LogP contribution in [0.2, 0.25) is 0 Å². The number of thiol groups is 1. The molecule has 3 amide bonds. The number of benzene rings is 2. The van der Waals surface area contributed by atoms with E-state index in [2.05, 4.69) is 33.6 Å². The summed E-state index contributed by atoms with van der Waals surface area (Å²) >= 11 is 4.01. The summed E-state index contributed by atoms with van der Waals surface area (Å²) in [7, 11) is 0. The molecule has 9 N–H and O–H groups in total. The van der Waals surface area contributed by atoms with E-state index in [9.17, 15) is 24.3 Å². The van der Waals surface area contributed by atoms with Gasteiger partial charge in [-0.25, -0.2) is 4.79 Å². The van der Waals surface area contributed by atoms with Crippen LogP contribution in [0, 0.1) is 0 Å². The molecular weight excluding hydrogens is 544 g/mol. The van der Waals surface area contributed by atoms with Crippen LogP contribution in [0.1, 0.15) is 30.4 Å². The Morgan fingerprint density at radius 1 is 0.829 bits per heavy atom. The Hall–Kier alpha value is -3.87. The Balaban J connectivity index is 1.85. The molecule has 0 fully saturated rings. The van der Waals surface area contributed by atoms with Crippen molar-refractivity contribution in [1.82, 2.24) is 20.9 Å². The second kappa shape index (κ2) is 15.8. The summed E-state index contributed by atoms with van der Waals surface area (Å²) in [4.78, 5) is 54.6. The van der Waals surface area contributed by atoms with Crippen molar-refractivity contribution >= 4 is 47.2 Å². The molecule has 0 saturated heterocycles. The Morgan fingerprint density at radius 2 is 1.44 bits per heavy atom. The average Bonchev–Trinajstić information content (AvgIpc) is 3.38. The van der Waals surface area contributed by atoms with E-state index in [0.717, 1.165) is 28.5 Å². The number of nitrogens with one attached hydrogen (secondary N) is 4. The number of aromatic amines is 1. The highest BCUT2D eigenvalue weighted by Gasteiger charge is 2.31. The number of carboxylic acid groups (broad SMARTS) is 1. The maximum atomic E-state index is 13.7. The summed E-state index contributed by atoms with van der Waals surface area (Å²) in [6.45, 7) is 0.487. The number of amides is 3. The van der Waals surface area contributed by atoms with Crippen molar-refractivity contribution in [3.8, 4) is 0 Å². The van der Waals surface area contributed by atoms with Crippen molar-refractivity contribution in [3.63, 3.8) is 0 Å². The SMILES string of the molecule is NCCCCC(N)C(=O)NC(Cc1c[nH]c2ccccc12)C(=O)NC(Cc1ccccc1)C(=O)NC(CS)C(=O)O. The molecule has 12 heteroatoms. The van der Waals surface area contributed by atoms with Gasteiger partial charge in [0.25, 0.3) is 0 Å². The van der Waals surface area contributed by atoms with E-state index in [1.165, 1.54) is 0 Å². The number of aliphatic carboxylic acids is 1. The quantitative estimate of drug-likeness (QED) is 0.0907. The van der Waals surface area contributed by atoms with E-state index < -0.39 is 47.9 Å². The maximum absolute atomic E-state index is 13.7. The van der Waals surface area contributed by atoms with Gasteiger partial charge in [0.1, 0.15) is 18.1 Å². The van der Waals surface area contributed by atoms with Crippen LogP contribution in [0.5, 0.6) is 0 Å². The lowest BCUT2D eigenvalue weighted by atomic mass is 10.0.